The van der Waals surface area contributed by atoms with E-state index in [1.165, 1.54) is 7.11 Å². The Labute approximate surface area is 74.2 Å². The Hall–Kier alpha value is -0.220. The number of ether oxygens (including phenoxy) is 1. The summed E-state index contributed by atoms with van der Waals surface area (Å²) in [5.41, 5.74) is 0. The van der Waals surface area contributed by atoms with Gasteiger partial charge < -0.3 is 9.84 Å². The van der Waals surface area contributed by atoms with Crippen LogP contribution in [0.5, 0.6) is 0 Å². The lowest BCUT2D eigenvalue weighted by molar-refractivity contribution is -0.151. The molecule has 0 aliphatic heterocycles. The minimum atomic E-state index is -0.954. The van der Waals surface area contributed by atoms with Crippen LogP contribution in [0.25, 0.3) is 0 Å². The van der Waals surface area contributed by atoms with Crippen LogP contribution in [0.2, 0.25) is 0 Å². The second-order valence-electron chi connectivity index (χ2n) is 2.67. The highest BCUT2D eigenvalue weighted by Crippen LogP contribution is 2.04. The summed E-state index contributed by atoms with van der Waals surface area (Å²) in [6.45, 7) is 3.87. The molecule has 0 aromatic heterocycles. The molecule has 4 heteroatoms. The first kappa shape index (κ1) is 13.4. The molecule has 0 spiro atoms. The third-order valence-electron chi connectivity index (χ3n) is 1.17. The Morgan fingerprint density at radius 2 is 2.00 bits per heavy atom. The van der Waals surface area contributed by atoms with Gasteiger partial charge in [-0.05, 0) is 12.3 Å². The summed E-state index contributed by atoms with van der Waals surface area (Å²) < 4.78 is 4.32. The van der Waals surface area contributed by atoms with Gasteiger partial charge in [-0.1, -0.05) is 13.8 Å². The molecular formula is C7H16O3S. The van der Waals surface area contributed by atoms with Crippen LogP contribution in [0.15, 0.2) is 0 Å². The van der Waals surface area contributed by atoms with Gasteiger partial charge in [0.2, 0.25) is 0 Å². The molecular weight excluding hydrogens is 164 g/mol. The van der Waals surface area contributed by atoms with Crippen LogP contribution in [0.3, 0.4) is 0 Å². The molecule has 11 heavy (non-hydrogen) atoms. The van der Waals surface area contributed by atoms with Gasteiger partial charge in [0.15, 0.2) is 6.10 Å². The van der Waals surface area contributed by atoms with Crippen molar-refractivity contribution in [1.29, 1.82) is 0 Å². The first-order chi connectivity index (χ1) is 4.57. The molecule has 0 fully saturated rings. The van der Waals surface area contributed by atoms with E-state index in [1.54, 1.807) is 0 Å². The van der Waals surface area contributed by atoms with Gasteiger partial charge in [0, 0.05) is 0 Å². The van der Waals surface area contributed by atoms with Gasteiger partial charge in [0.05, 0.1) is 7.11 Å². The number of rotatable bonds is 3. The summed E-state index contributed by atoms with van der Waals surface area (Å²) in [6.07, 6.45) is -0.489. The van der Waals surface area contributed by atoms with Crippen molar-refractivity contribution in [3.8, 4) is 0 Å². The van der Waals surface area contributed by atoms with E-state index >= 15 is 0 Å². The molecule has 1 atom stereocenters. The second-order valence-corrected chi connectivity index (χ2v) is 2.67. The predicted octanol–water partition coefficient (Wildman–Crippen LogP) is 0.679. The van der Waals surface area contributed by atoms with Gasteiger partial charge in [-0.25, -0.2) is 4.79 Å². The average Bonchev–Trinajstić information content (AvgIpc) is 1.85. The van der Waals surface area contributed by atoms with Gasteiger partial charge in [-0.3, -0.25) is 0 Å². The maximum atomic E-state index is 10.6. The van der Waals surface area contributed by atoms with Gasteiger partial charge in [-0.15, -0.1) is 0 Å². The molecule has 0 rings (SSSR count). The number of hydrogen-bond donors (Lipinski definition) is 1. The maximum Gasteiger partial charge on any atom is 0.334 e. The number of esters is 1. The quantitative estimate of drug-likeness (QED) is 0.650. The van der Waals surface area contributed by atoms with Crippen LogP contribution in [0, 0.1) is 5.92 Å². The van der Waals surface area contributed by atoms with Crippen LogP contribution in [-0.2, 0) is 9.53 Å². The molecule has 0 aliphatic rings. The monoisotopic (exact) mass is 180 g/mol. The fourth-order valence-electron chi connectivity index (χ4n) is 0.679. The summed E-state index contributed by atoms with van der Waals surface area (Å²) in [5.74, 6) is -0.234. The highest BCUT2D eigenvalue weighted by molar-refractivity contribution is 7.59. The van der Waals surface area contributed by atoms with Crippen LogP contribution in [-0.4, -0.2) is 24.3 Å². The molecule has 0 aromatic carbocycles. The van der Waals surface area contributed by atoms with E-state index in [0.29, 0.717) is 12.3 Å². The van der Waals surface area contributed by atoms with Crippen molar-refractivity contribution < 1.29 is 14.6 Å². The zero-order valence-corrected chi connectivity index (χ0v) is 8.13. The minimum Gasteiger partial charge on any atom is -0.467 e. The van der Waals surface area contributed by atoms with Crippen molar-refractivity contribution in [3.05, 3.63) is 0 Å². The number of hydrogen-bond acceptors (Lipinski definition) is 3. The lowest BCUT2D eigenvalue weighted by Crippen LogP contribution is -2.23. The van der Waals surface area contributed by atoms with E-state index in [4.69, 9.17) is 5.11 Å². The molecule has 3 nitrogen and oxygen atoms in total. The van der Waals surface area contributed by atoms with E-state index in [-0.39, 0.29) is 13.5 Å². The number of aliphatic hydroxyl groups excluding tert-OH is 1. The second kappa shape index (κ2) is 6.49. The Morgan fingerprint density at radius 3 is 2.27 bits per heavy atom. The van der Waals surface area contributed by atoms with Crippen molar-refractivity contribution in [3.63, 3.8) is 0 Å². The zero-order valence-electron chi connectivity index (χ0n) is 7.13. The zero-order chi connectivity index (χ0) is 8.15. The molecule has 0 saturated heterocycles. The molecule has 0 aromatic rings. The lowest BCUT2D eigenvalue weighted by atomic mass is 10.1. The first-order valence-corrected chi connectivity index (χ1v) is 3.33. The fraction of sp³-hybridized carbons (Fsp3) is 0.857. The predicted molar refractivity (Wildman–Crippen MR) is 47.9 cm³/mol. The van der Waals surface area contributed by atoms with Crippen LogP contribution in [0.4, 0.5) is 0 Å². The minimum absolute atomic E-state index is 0. The topological polar surface area (TPSA) is 46.5 Å². The summed E-state index contributed by atoms with van der Waals surface area (Å²) in [6, 6.07) is 0. The Kier molecular flexibility index (Phi) is 7.89. The number of carbonyl (C=O) groups excluding carboxylic acids is 1. The highest BCUT2D eigenvalue weighted by atomic mass is 32.1. The van der Waals surface area contributed by atoms with Crippen molar-refractivity contribution in [2.75, 3.05) is 7.11 Å². The molecule has 0 aliphatic carbocycles. The SMILES string of the molecule is COC(=O)[C@@H](O)CC(C)C.S. The molecule has 1 N–H and O–H groups in total. The third-order valence-corrected chi connectivity index (χ3v) is 1.17. The van der Waals surface area contributed by atoms with Crippen LogP contribution < -0.4 is 0 Å². The number of methoxy groups -OCH3 is 1. The largest absolute Gasteiger partial charge is 0.467 e. The van der Waals surface area contributed by atoms with Crippen molar-refractivity contribution >= 4 is 19.5 Å². The summed E-state index contributed by atoms with van der Waals surface area (Å²) in [5, 5.41) is 9.01. The first-order valence-electron chi connectivity index (χ1n) is 3.33. The van der Waals surface area contributed by atoms with Crippen LogP contribution >= 0.6 is 13.5 Å². The average molecular weight is 180 g/mol. The molecule has 0 amide bonds. The van der Waals surface area contributed by atoms with Gasteiger partial charge in [0.1, 0.15) is 0 Å². The van der Waals surface area contributed by atoms with Crippen molar-refractivity contribution in [2.24, 2.45) is 5.92 Å². The lowest BCUT2D eigenvalue weighted by Gasteiger charge is -2.09. The van der Waals surface area contributed by atoms with Gasteiger partial charge in [0.25, 0.3) is 0 Å². The third kappa shape index (κ3) is 6.19. The van der Waals surface area contributed by atoms with E-state index in [9.17, 15) is 4.79 Å². The number of aliphatic hydroxyl groups is 1. The number of carbonyl (C=O) groups is 1. The highest BCUT2D eigenvalue weighted by Gasteiger charge is 2.15. The Morgan fingerprint density at radius 1 is 1.55 bits per heavy atom. The molecule has 0 saturated carbocycles. The van der Waals surface area contributed by atoms with Crippen LogP contribution in [0.1, 0.15) is 20.3 Å². The maximum absolute atomic E-state index is 10.6. The van der Waals surface area contributed by atoms with E-state index in [1.807, 2.05) is 13.8 Å². The standard InChI is InChI=1S/C7H14O3.H2S/c1-5(2)4-6(8)7(9)10-3;/h5-6,8H,4H2,1-3H3;1H2/t6-;/m0./s1. The molecule has 68 valence electrons. The van der Waals surface area contributed by atoms with Gasteiger partial charge in [-0.2, -0.15) is 13.5 Å². The Balaban J connectivity index is 0. The van der Waals surface area contributed by atoms with Crippen molar-refractivity contribution in [2.45, 2.75) is 26.4 Å². The molecule has 0 bridgehead atoms. The van der Waals surface area contributed by atoms with Crippen molar-refractivity contribution in [1.82, 2.24) is 0 Å². The fourth-order valence-corrected chi connectivity index (χ4v) is 0.679. The van der Waals surface area contributed by atoms with E-state index < -0.39 is 12.1 Å². The normalized spacial score (nSPS) is 12.1. The van der Waals surface area contributed by atoms with E-state index in [2.05, 4.69) is 4.74 Å². The molecule has 0 unspecified atom stereocenters. The van der Waals surface area contributed by atoms with E-state index in [0.717, 1.165) is 0 Å². The van der Waals surface area contributed by atoms with Gasteiger partial charge >= 0.3 is 5.97 Å². The Bertz CT molecular complexity index is 114. The summed E-state index contributed by atoms with van der Waals surface area (Å²) in [4.78, 5) is 10.6. The molecule has 0 heterocycles. The molecule has 0 radical (unpaired) electrons. The smallest absolute Gasteiger partial charge is 0.334 e. The summed E-state index contributed by atoms with van der Waals surface area (Å²) >= 11 is 0. The summed E-state index contributed by atoms with van der Waals surface area (Å²) in [7, 11) is 1.27.